The second-order valence-corrected chi connectivity index (χ2v) is 8.12. The van der Waals surface area contributed by atoms with E-state index in [-0.39, 0.29) is 18.0 Å². The van der Waals surface area contributed by atoms with Gasteiger partial charge in [0.25, 0.3) is 0 Å². The van der Waals surface area contributed by atoms with Crippen LogP contribution in [0.25, 0.3) is 0 Å². The monoisotopic (exact) mass is 365 g/mol. The molecule has 140 valence electrons. The third kappa shape index (κ3) is 7.06. The highest BCUT2D eigenvalue weighted by molar-refractivity contribution is 7.10. The first kappa shape index (κ1) is 19.8. The van der Waals surface area contributed by atoms with Gasteiger partial charge in [-0.05, 0) is 36.6 Å². The predicted molar refractivity (Wildman–Crippen MR) is 103 cm³/mol. The maximum atomic E-state index is 12.2. The average molecular weight is 366 g/mol. The van der Waals surface area contributed by atoms with E-state index in [2.05, 4.69) is 35.9 Å². The third-order valence-corrected chi connectivity index (χ3v) is 5.59. The molecule has 3 amide bonds. The number of hydrogen-bond donors (Lipinski definition) is 3. The Kier molecular flexibility index (Phi) is 8.25. The second kappa shape index (κ2) is 10.4. The van der Waals surface area contributed by atoms with Crippen molar-refractivity contribution in [2.75, 3.05) is 6.54 Å². The van der Waals surface area contributed by atoms with E-state index in [4.69, 9.17) is 0 Å². The third-order valence-electron chi connectivity index (χ3n) is 4.64. The molecule has 1 fully saturated rings. The molecule has 3 N–H and O–H groups in total. The molecule has 25 heavy (non-hydrogen) atoms. The van der Waals surface area contributed by atoms with E-state index in [0.29, 0.717) is 31.3 Å². The second-order valence-electron chi connectivity index (χ2n) is 7.14. The van der Waals surface area contributed by atoms with Crippen LogP contribution in [0.15, 0.2) is 17.5 Å². The first-order valence-corrected chi connectivity index (χ1v) is 10.3. The highest BCUT2D eigenvalue weighted by Crippen LogP contribution is 2.25. The first-order chi connectivity index (χ1) is 12.1. The lowest BCUT2D eigenvalue weighted by Gasteiger charge is -2.23. The lowest BCUT2D eigenvalue weighted by molar-refractivity contribution is -0.122. The highest BCUT2D eigenvalue weighted by atomic mass is 32.1. The van der Waals surface area contributed by atoms with Crippen LogP contribution >= 0.6 is 11.3 Å². The van der Waals surface area contributed by atoms with Crippen molar-refractivity contribution in [1.29, 1.82) is 0 Å². The van der Waals surface area contributed by atoms with Crippen molar-refractivity contribution in [1.82, 2.24) is 16.0 Å². The number of urea groups is 1. The van der Waals surface area contributed by atoms with Gasteiger partial charge in [0.05, 0.1) is 6.04 Å². The fraction of sp³-hybridized carbons (Fsp3) is 0.684. The number of nitrogens with one attached hydrogen (secondary N) is 3. The van der Waals surface area contributed by atoms with Gasteiger partial charge in [-0.2, -0.15) is 0 Å². The largest absolute Gasteiger partial charge is 0.348 e. The average Bonchev–Trinajstić information content (AvgIpc) is 3.11. The quantitative estimate of drug-likeness (QED) is 0.610. The molecule has 0 aromatic carbocycles. The molecule has 1 atom stereocenters. The van der Waals surface area contributed by atoms with Crippen LogP contribution < -0.4 is 16.0 Å². The minimum atomic E-state index is -0.106. The number of carbonyl (C=O) groups excluding carboxylic acids is 2. The van der Waals surface area contributed by atoms with Gasteiger partial charge in [-0.15, -0.1) is 11.3 Å². The zero-order chi connectivity index (χ0) is 18.1. The van der Waals surface area contributed by atoms with Gasteiger partial charge in [0, 0.05) is 23.9 Å². The van der Waals surface area contributed by atoms with E-state index in [1.54, 1.807) is 11.3 Å². The first-order valence-electron chi connectivity index (χ1n) is 9.43. The van der Waals surface area contributed by atoms with Gasteiger partial charge in [0.1, 0.15) is 0 Å². The molecule has 1 aliphatic carbocycles. The number of hydrogen-bond acceptors (Lipinski definition) is 3. The molecule has 1 saturated carbocycles. The molecule has 1 aromatic rings. The summed E-state index contributed by atoms with van der Waals surface area (Å²) in [4.78, 5) is 25.2. The summed E-state index contributed by atoms with van der Waals surface area (Å²) in [6.07, 6.45) is 6.91. The van der Waals surface area contributed by atoms with E-state index in [1.807, 2.05) is 11.4 Å². The molecular formula is C19H31N3O2S. The predicted octanol–water partition coefficient (Wildman–Crippen LogP) is 3.97. The van der Waals surface area contributed by atoms with Gasteiger partial charge >= 0.3 is 6.03 Å². The van der Waals surface area contributed by atoms with Crippen molar-refractivity contribution in [3.63, 3.8) is 0 Å². The minimum Gasteiger partial charge on any atom is -0.348 e. The Hall–Kier alpha value is -1.56. The summed E-state index contributed by atoms with van der Waals surface area (Å²) in [5.41, 5.74) is 0. The van der Waals surface area contributed by atoms with Gasteiger partial charge in [0.2, 0.25) is 5.91 Å². The fourth-order valence-electron chi connectivity index (χ4n) is 3.21. The molecule has 1 aliphatic rings. The summed E-state index contributed by atoms with van der Waals surface area (Å²) in [6, 6.07) is 4.35. The Morgan fingerprint density at radius 3 is 2.64 bits per heavy atom. The molecule has 0 saturated heterocycles. The van der Waals surface area contributed by atoms with Gasteiger partial charge in [0.15, 0.2) is 0 Å². The molecule has 6 heteroatoms. The summed E-state index contributed by atoms with van der Waals surface area (Å²) in [7, 11) is 0. The highest BCUT2D eigenvalue weighted by Gasteiger charge is 2.19. The summed E-state index contributed by atoms with van der Waals surface area (Å²) < 4.78 is 0. The van der Waals surface area contributed by atoms with E-state index in [1.165, 1.54) is 24.1 Å². The Labute approximate surface area is 155 Å². The fourth-order valence-corrected chi connectivity index (χ4v) is 4.16. The zero-order valence-electron chi connectivity index (χ0n) is 15.3. The Morgan fingerprint density at radius 1 is 1.24 bits per heavy atom. The molecule has 1 unspecified atom stereocenters. The van der Waals surface area contributed by atoms with Gasteiger partial charge < -0.3 is 16.0 Å². The maximum Gasteiger partial charge on any atom is 0.315 e. The van der Waals surface area contributed by atoms with E-state index < -0.39 is 0 Å². The van der Waals surface area contributed by atoms with Crippen LogP contribution in [0.2, 0.25) is 0 Å². The van der Waals surface area contributed by atoms with Crippen LogP contribution in [0.4, 0.5) is 4.79 Å². The van der Waals surface area contributed by atoms with Crippen LogP contribution in [0.1, 0.15) is 69.7 Å². The number of carbonyl (C=O) groups is 2. The normalized spacial score (nSPS) is 16.4. The minimum absolute atomic E-state index is 0.0431. The lowest BCUT2D eigenvalue weighted by Crippen LogP contribution is -2.43. The van der Waals surface area contributed by atoms with Crippen LogP contribution in [0, 0.1) is 5.92 Å². The van der Waals surface area contributed by atoms with E-state index in [9.17, 15) is 9.59 Å². The Morgan fingerprint density at radius 2 is 2.00 bits per heavy atom. The van der Waals surface area contributed by atoms with Crippen molar-refractivity contribution in [2.45, 2.75) is 70.9 Å². The van der Waals surface area contributed by atoms with Gasteiger partial charge in [-0.1, -0.05) is 39.2 Å². The lowest BCUT2D eigenvalue weighted by atomic mass is 9.96. The summed E-state index contributed by atoms with van der Waals surface area (Å²) in [5.74, 6) is 0.392. The standard InChI is InChI=1S/C19H31N3O2S/c1-14(2)18(16-10-7-13-25-16)22-17(23)11-6-12-20-19(24)21-15-8-4-3-5-9-15/h7,10,13-15,18H,3-6,8-9,11-12H2,1-2H3,(H,22,23)(H2,20,21,24). The van der Waals surface area contributed by atoms with Crippen LogP contribution in [-0.2, 0) is 4.79 Å². The molecule has 1 heterocycles. The van der Waals surface area contributed by atoms with E-state index >= 15 is 0 Å². The van der Waals surface area contributed by atoms with Crippen molar-refractivity contribution in [3.05, 3.63) is 22.4 Å². The van der Waals surface area contributed by atoms with Crippen molar-refractivity contribution in [2.24, 2.45) is 5.92 Å². The Bertz CT molecular complexity index is 525. The smallest absolute Gasteiger partial charge is 0.315 e. The number of amides is 3. The molecule has 5 nitrogen and oxygen atoms in total. The maximum absolute atomic E-state index is 12.2. The van der Waals surface area contributed by atoms with Crippen LogP contribution in [0.3, 0.4) is 0 Å². The number of rotatable bonds is 8. The summed E-state index contributed by atoms with van der Waals surface area (Å²) >= 11 is 1.67. The van der Waals surface area contributed by atoms with Crippen molar-refractivity contribution < 1.29 is 9.59 Å². The molecular weight excluding hydrogens is 334 g/mol. The molecule has 0 spiro atoms. The van der Waals surface area contributed by atoms with Crippen molar-refractivity contribution >= 4 is 23.3 Å². The topological polar surface area (TPSA) is 70.2 Å². The summed E-state index contributed by atoms with van der Waals surface area (Å²) in [6.45, 7) is 4.75. The molecule has 1 aromatic heterocycles. The zero-order valence-corrected chi connectivity index (χ0v) is 16.2. The van der Waals surface area contributed by atoms with Crippen molar-refractivity contribution in [3.8, 4) is 0 Å². The van der Waals surface area contributed by atoms with Crippen LogP contribution in [-0.4, -0.2) is 24.5 Å². The van der Waals surface area contributed by atoms with E-state index in [0.717, 1.165) is 12.8 Å². The van der Waals surface area contributed by atoms with Crippen LogP contribution in [0.5, 0.6) is 0 Å². The molecule has 0 radical (unpaired) electrons. The number of thiophene rings is 1. The van der Waals surface area contributed by atoms with Gasteiger partial charge in [-0.25, -0.2) is 4.79 Å². The molecule has 2 rings (SSSR count). The van der Waals surface area contributed by atoms with Gasteiger partial charge in [-0.3, -0.25) is 4.79 Å². The molecule has 0 aliphatic heterocycles. The summed E-state index contributed by atoms with van der Waals surface area (Å²) in [5, 5.41) is 11.0. The SMILES string of the molecule is CC(C)C(NC(=O)CCCNC(=O)NC1CCCCC1)c1cccs1. The Balaban J connectivity index is 1.62. The molecule has 0 bridgehead atoms.